The maximum atomic E-state index is 12.6. The Kier molecular flexibility index (Phi) is 5.91. The summed E-state index contributed by atoms with van der Waals surface area (Å²) in [5.41, 5.74) is 2.63. The minimum Gasteiger partial charge on any atom is -0.326 e. The summed E-state index contributed by atoms with van der Waals surface area (Å²) in [7, 11) is 0. The van der Waals surface area contributed by atoms with Crippen molar-refractivity contribution >= 4 is 34.8 Å². The van der Waals surface area contributed by atoms with Crippen LogP contribution in [0.2, 0.25) is 5.02 Å². The quantitative estimate of drug-likeness (QED) is 0.817. The van der Waals surface area contributed by atoms with Gasteiger partial charge in [-0.2, -0.15) is 0 Å². The van der Waals surface area contributed by atoms with Crippen molar-refractivity contribution in [2.45, 2.75) is 19.9 Å². The van der Waals surface area contributed by atoms with Crippen LogP contribution in [0.25, 0.3) is 0 Å². The Balaban J connectivity index is 1.64. The minimum absolute atomic E-state index is 0.0478. The highest BCUT2D eigenvalue weighted by molar-refractivity contribution is 6.30. The maximum absolute atomic E-state index is 12.6. The lowest BCUT2D eigenvalue weighted by atomic mass is 10.1. The first-order valence-electron chi connectivity index (χ1n) is 8.73. The summed E-state index contributed by atoms with van der Waals surface area (Å²) < 4.78 is 0. The van der Waals surface area contributed by atoms with Crippen molar-refractivity contribution in [2.75, 3.05) is 23.3 Å². The number of amides is 2. The van der Waals surface area contributed by atoms with Crippen LogP contribution < -0.4 is 15.5 Å². The molecule has 26 heavy (non-hydrogen) atoms. The van der Waals surface area contributed by atoms with E-state index in [1.54, 1.807) is 29.2 Å². The third-order valence-corrected chi connectivity index (χ3v) is 4.66. The van der Waals surface area contributed by atoms with E-state index in [4.69, 9.17) is 11.6 Å². The Morgan fingerprint density at radius 2 is 2.00 bits per heavy atom. The van der Waals surface area contributed by atoms with Gasteiger partial charge in [0.15, 0.2) is 0 Å². The molecule has 5 nitrogen and oxygen atoms in total. The molecule has 1 saturated heterocycles. The Morgan fingerprint density at radius 1 is 1.23 bits per heavy atom. The molecule has 6 heteroatoms. The van der Waals surface area contributed by atoms with E-state index in [-0.39, 0.29) is 24.2 Å². The van der Waals surface area contributed by atoms with Gasteiger partial charge in [0.1, 0.15) is 0 Å². The van der Waals surface area contributed by atoms with Crippen LogP contribution in [0.1, 0.15) is 18.9 Å². The number of halogens is 1. The van der Waals surface area contributed by atoms with Gasteiger partial charge in [0.05, 0.1) is 5.92 Å². The molecule has 1 fully saturated rings. The molecule has 2 aromatic rings. The Hall–Kier alpha value is -2.37. The summed E-state index contributed by atoms with van der Waals surface area (Å²) >= 11 is 5.90. The molecule has 0 bridgehead atoms. The Morgan fingerprint density at radius 3 is 2.73 bits per heavy atom. The summed E-state index contributed by atoms with van der Waals surface area (Å²) in [5.74, 6) is -0.542. The number of anilines is 2. The Bertz CT molecular complexity index is 792. The number of nitrogens with one attached hydrogen (secondary N) is 2. The fourth-order valence-electron chi connectivity index (χ4n) is 3.03. The molecule has 2 N–H and O–H groups in total. The molecule has 3 rings (SSSR count). The largest absolute Gasteiger partial charge is 0.326 e. The van der Waals surface area contributed by atoms with Gasteiger partial charge in [-0.15, -0.1) is 0 Å². The second-order valence-corrected chi connectivity index (χ2v) is 6.79. The smallest absolute Gasteiger partial charge is 0.229 e. The summed E-state index contributed by atoms with van der Waals surface area (Å²) in [6.07, 6.45) is 0.214. The SMILES string of the molecule is CCNCc1cccc(NC(=O)C2CC(=O)N(c3ccc(Cl)cc3)C2)c1. The normalized spacial score (nSPS) is 16.8. The number of hydrogen-bond acceptors (Lipinski definition) is 3. The molecule has 136 valence electrons. The fraction of sp³-hybridized carbons (Fsp3) is 0.300. The van der Waals surface area contributed by atoms with E-state index in [1.807, 2.05) is 24.3 Å². The van der Waals surface area contributed by atoms with E-state index < -0.39 is 0 Å². The van der Waals surface area contributed by atoms with Gasteiger partial charge in [-0.25, -0.2) is 0 Å². The van der Waals surface area contributed by atoms with Crippen LogP contribution in [0.4, 0.5) is 11.4 Å². The first kappa shape index (κ1) is 18.4. The number of nitrogens with zero attached hydrogens (tertiary/aromatic N) is 1. The summed E-state index contributed by atoms with van der Waals surface area (Å²) in [6, 6.07) is 14.8. The lowest BCUT2D eigenvalue weighted by Crippen LogP contribution is -2.28. The predicted molar refractivity (Wildman–Crippen MR) is 104 cm³/mol. The molecular weight excluding hydrogens is 350 g/mol. The van der Waals surface area contributed by atoms with Gasteiger partial charge in [0, 0.05) is 35.9 Å². The van der Waals surface area contributed by atoms with E-state index in [2.05, 4.69) is 17.6 Å². The van der Waals surface area contributed by atoms with Crippen molar-refractivity contribution in [1.29, 1.82) is 0 Å². The monoisotopic (exact) mass is 371 g/mol. The molecule has 1 atom stereocenters. The van der Waals surface area contributed by atoms with Crippen LogP contribution in [0.3, 0.4) is 0 Å². The van der Waals surface area contributed by atoms with Gasteiger partial charge in [0.25, 0.3) is 0 Å². The van der Waals surface area contributed by atoms with Crippen molar-refractivity contribution in [1.82, 2.24) is 5.32 Å². The topological polar surface area (TPSA) is 61.4 Å². The highest BCUT2D eigenvalue weighted by atomic mass is 35.5. The molecule has 0 aliphatic carbocycles. The molecule has 1 heterocycles. The van der Waals surface area contributed by atoms with Crippen LogP contribution in [0.5, 0.6) is 0 Å². The van der Waals surface area contributed by atoms with Gasteiger partial charge >= 0.3 is 0 Å². The molecule has 2 amide bonds. The molecule has 1 aliphatic heterocycles. The third kappa shape index (κ3) is 4.42. The van der Waals surface area contributed by atoms with Crippen LogP contribution >= 0.6 is 11.6 Å². The lowest BCUT2D eigenvalue weighted by Gasteiger charge is -2.17. The van der Waals surface area contributed by atoms with Crippen molar-refractivity contribution < 1.29 is 9.59 Å². The molecule has 0 radical (unpaired) electrons. The molecule has 1 aliphatic rings. The zero-order chi connectivity index (χ0) is 18.5. The maximum Gasteiger partial charge on any atom is 0.229 e. The minimum atomic E-state index is -0.365. The van der Waals surface area contributed by atoms with Crippen molar-refractivity contribution in [3.05, 3.63) is 59.1 Å². The van der Waals surface area contributed by atoms with Gasteiger partial charge in [-0.1, -0.05) is 30.7 Å². The number of rotatable bonds is 6. The average molecular weight is 372 g/mol. The molecule has 1 unspecified atom stereocenters. The molecule has 0 saturated carbocycles. The predicted octanol–water partition coefficient (Wildman–Crippen LogP) is 3.44. The van der Waals surface area contributed by atoms with Gasteiger partial charge < -0.3 is 15.5 Å². The van der Waals surface area contributed by atoms with Crippen LogP contribution in [0.15, 0.2) is 48.5 Å². The van der Waals surface area contributed by atoms with E-state index in [1.165, 1.54) is 0 Å². The average Bonchev–Trinajstić information content (AvgIpc) is 3.03. The highest BCUT2D eigenvalue weighted by Crippen LogP contribution is 2.27. The zero-order valence-corrected chi connectivity index (χ0v) is 15.4. The summed E-state index contributed by atoms with van der Waals surface area (Å²) in [5, 5.41) is 6.81. The molecular formula is C20H22ClN3O2. The van der Waals surface area contributed by atoms with E-state index in [0.29, 0.717) is 11.6 Å². The molecule has 2 aromatic carbocycles. The molecule has 0 spiro atoms. The highest BCUT2D eigenvalue weighted by Gasteiger charge is 2.35. The summed E-state index contributed by atoms with van der Waals surface area (Å²) in [4.78, 5) is 26.5. The van der Waals surface area contributed by atoms with Crippen LogP contribution in [0, 0.1) is 5.92 Å². The zero-order valence-electron chi connectivity index (χ0n) is 14.7. The van der Waals surface area contributed by atoms with E-state index in [0.717, 1.165) is 30.0 Å². The van der Waals surface area contributed by atoms with Crippen LogP contribution in [-0.2, 0) is 16.1 Å². The van der Waals surface area contributed by atoms with Crippen molar-refractivity contribution in [3.63, 3.8) is 0 Å². The summed E-state index contributed by atoms with van der Waals surface area (Å²) in [6.45, 7) is 4.08. The number of hydrogen-bond donors (Lipinski definition) is 2. The van der Waals surface area contributed by atoms with E-state index in [9.17, 15) is 9.59 Å². The third-order valence-electron chi connectivity index (χ3n) is 4.41. The van der Waals surface area contributed by atoms with Crippen LogP contribution in [-0.4, -0.2) is 24.9 Å². The van der Waals surface area contributed by atoms with Crippen molar-refractivity contribution in [3.8, 4) is 0 Å². The number of benzene rings is 2. The van der Waals surface area contributed by atoms with Gasteiger partial charge in [-0.3, -0.25) is 9.59 Å². The Labute approximate surface area is 158 Å². The second-order valence-electron chi connectivity index (χ2n) is 6.35. The number of carbonyl (C=O) groups excluding carboxylic acids is 2. The first-order valence-corrected chi connectivity index (χ1v) is 9.11. The van der Waals surface area contributed by atoms with Gasteiger partial charge in [-0.05, 0) is 48.5 Å². The second kappa shape index (κ2) is 8.34. The van der Waals surface area contributed by atoms with Gasteiger partial charge in [0.2, 0.25) is 11.8 Å². The lowest BCUT2D eigenvalue weighted by molar-refractivity contribution is -0.122. The standard InChI is InChI=1S/C20H22ClN3O2/c1-2-22-12-14-4-3-5-17(10-14)23-20(26)15-11-19(25)24(13-15)18-8-6-16(21)7-9-18/h3-10,15,22H,2,11-13H2,1H3,(H,23,26). The fourth-order valence-corrected chi connectivity index (χ4v) is 3.15. The van der Waals surface area contributed by atoms with E-state index >= 15 is 0 Å². The number of carbonyl (C=O) groups is 2. The van der Waals surface area contributed by atoms with Crippen molar-refractivity contribution in [2.24, 2.45) is 5.92 Å². The first-order chi connectivity index (χ1) is 12.6. The molecule has 0 aromatic heterocycles.